The molecule has 0 aliphatic heterocycles. The Hall–Kier alpha value is -5.40. The van der Waals surface area contributed by atoms with E-state index < -0.39 is 16.1 Å². The molecule has 5 rings (SSSR count). The first-order valence-electron chi connectivity index (χ1n) is 21.9. The van der Waals surface area contributed by atoms with Crippen LogP contribution in [-0.4, -0.2) is 110 Å². The standard InChI is InChI=1S/C46H62N6O11S/c1-33-16-18-37(19-17-33)64(57,58)52-50-34(2)35-10-7-11-36(30-35)49-44(54)21-20-43(53)47-22-8-24-59-26-28-61-29-27-60-25-9-23-48-45(55)32-63-51-46(56)62-31-42-40-14-5-3-12-38(40)39-13-4-6-15-41(39)42/h3-6,12-19,35-36,42,52H,7-11,20-32H2,1-2H3,(H,47,53)(H,48,55)(H,49,54)(H,51,56)/b50-34+. The summed E-state index contributed by atoms with van der Waals surface area (Å²) in [6.45, 7) is 6.72. The number of carbonyl (C=O) groups is 4. The quantitative estimate of drug-likeness (QED) is 0.0403. The van der Waals surface area contributed by atoms with E-state index in [1.165, 1.54) is 0 Å². The highest BCUT2D eigenvalue weighted by molar-refractivity contribution is 7.89. The zero-order chi connectivity index (χ0) is 45.6. The van der Waals surface area contributed by atoms with Crippen molar-refractivity contribution in [3.63, 3.8) is 0 Å². The molecule has 3 aromatic carbocycles. The predicted octanol–water partition coefficient (Wildman–Crippen LogP) is 4.64. The zero-order valence-electron chi connectivity index (χ0n) is 36.7. The van der Waals surface area contributed by atoms with Gasteiger partial charge in [-0.25, -0.2) is 9.63 Å². The summed E-state index contributed by atoms with van der Waals surface area (Å²) in [4.78, 5) is 56.6. The summed E-state index contributed by atoms with van der Waals surface area (Å²) in [5.74, 6) is -0.838. The van der Waals surface area contributed by atoms with Crippen LogP contribution >= 0.6 is 0 Å². The smallest absolute Gasteiger partial charge is 0.431 e. The third-order valence-corrected chi connectivity index (χ3v) is 12.1. The Morgan fingerprint density at radius 2 is 1.30 bits per heavy atom. The van der Waals surface area contributed by atoms with Gasteiger partial charge in [0.1, 0.15) is 6.61 Å². The Labute approximate surface area is 375 Å². The molecule has 0 heterocycles. The van der Waals surface area contributed by atoms with E-state index in [0.717, 1.165) is 47.1 Å². The van der Waals surface area contributed by atoms with Crippen LogP contribution in [0.3, 0.4) is 0 Å². The minimum absolute atomic E-state index is 0.0300. The number of hydrogen-bond donors (Lipinski definition) is 5. The molecule has 1 saturated carbocycles. The lowest BCUT2D eigenvalue weighted by Gasteiger charge is -2.29. The number of nitrogens with zero attached hydrogens (tertiary/aromatic N) is 1. The average molecular weight is 907 g/mol. The summed E-state index contributed by atoms with van der Waals surface area (Å²) in [6, 6.07) is 22.6. The fourth-order valence-electron chi connectivity index (χ4n) is 7.49. The molecular formula is C46H62N6O11S. The highest BCUT2D eigenvalue weighted by Gasteiger charge is 2.29. The average Bonchev–Trinajstić information content (AvgIpc) is 3.61. The fraction of sp³-hybridized carbons (Fsp3) is 0.500. The van der Waals surface area contributed by atoms with Crippen LogP contribution in [0.5, 0.6) is 0 Å². The molecule has 1 fully saturated rings. The molecular weight excluding hydrogens is 845 g/mol. The summed E-state index contributed by atoms with van der Waals surface area (Å²) >= 11 is 0. The van der Waals surface area contributed by atoms with Crippen LogP contribution in [0.15, 0.2) is 82.8 Å². The number of rotatable bonds is 27. The topological polar surface area (TPSA) is 221 Å². The second-order valence-corrected chi connectivity index (χ2v) is 17.4. The van der Waals surface area contributed by atoms with Gasteiger partial charge in [-0.1, -0.05) is 72.6 Å². The van der Waals surface area contributed by atoms with E-state index in [1.54, 1.807) is 31.2 Å². The molecule has 17 nitrogen and oxygen atoms in total. The largest absolute Gasteiger partial charge is 0.447 e. The van der Waals surface area contributed by atoms with Gasteiger partial charge in [-0.3, -0.25) is 19.2 Å². The Bertz CT molecular complexity index is 2070. The number of hydrogen-bond acceptors (Lipinski definition) is 12. The molecule has 0 aromatic heterocycles. The molecule has 0 spiro atoms. The molecule has 64 heavy (non-hydrogen) atoms. The van der Waals surface area contributed by atoms with E-state index in [4.69, 9.17) is 23.8 Å². The second-order valence-electron chi connectivity index (χ2n) is 15.7. The molecule has 0 radical (unpaired) electrons. The van der Waals surface area contributed by atoms with Crippen molar-refractivity contribution < 1.29 is 51.4 Å². The number of hydrazone groups is 1. The molecule has 2 unspecified atom stereocenters. The molecule has 348 valence electrons. The van der Waals surface area contributed by atoms with E-state index in [-0.39, 0.29) is 66.6 Å². The van der Waals surface area contributed by atoms with Gasteiger partial charge in [0.2, 0.25) is 17.7 Å². The molecule has 18 heteroatoms. The number of amides is 4. The summed E-state index contributed by atoms with van der Waals surface area (Å²) in [5.41, 5.74) is 8.25. The van der Waals surface area contributed by atoms with Crippen LogP contribution in [0.4, 0.5) is 4.79 Å². The van der Waals surface area contributed by atoms with Crippen molar-refractivity contribution in [2.45, 2.75) is 82.1 Å². The Kier molecular flexibility index (Phi) is 20.5. The number of nitrogens with one attached hydrogen (secondary N) is 5. The fourth-order valence-corrected chi connectivity index (χ4v) is 8.36. The van der Waals surface area contributed by atoms with Crippen LogP contribution < -0.4 is 26.3 Å². The van der Waals surface area contributed by atoms with E-state index >= 15 is 0 Å². The molecule has 2 atom stereocenters. The van der Waals surface area contributed by atoms with Gasteiger partial charge in [-0.2, -0.15) is 19.0 Å². The van der Waals surface area contributed by atoms with Crippen molar-refractivity contribution in [2.75, 3.05) is 65.9 Å². The van der Waals surface area contributed by atoms with Gasteiger partial charge in [-0.15, -0.1) is 0 Å². The van der Waals surface area contributed by atoms with Gasteiger partial charge in [0.15, 0.2) is 6.61 Å². The SMILES string of the molecule is C/C(=N\NS(=O)(=O)c1ccc(C)cc1)C1CCCC(NC(=O)CCC(=O)NCCCOCCOCCOCCCNC(=O)CONC(=O)OCC2c3ccccc3-c3ccccc32)C1. The molecule has 2 aliphatic carbocycles. The monoisotopic (exact) mass is 906 g/mol. The lowest BCUT2D eigenvalue weighted by atomic mass is 9.83. The maximum absolute atomic E-state index is 12.6. The summed E-state index contributed by atoms with van der Waals surface area (Å²) in [6.07, 6.45) is 3.77. The first-order chi connectivity index (χ1) is 31.0. The van der Waals surface area contributed by atoms with Crippen molar-refractivity contribution in [2.24, 2.45) is 11.0 Å². The minimum Gasteiger partial charge on any atom is -0.447 e. The molecule has 3 aromatic rings. The molecule has 5 N–H and O–H groups in total. The van der Waals surface area contributed by atoms with Crippen LogP contribution in [0, 0.1) is 12.8 Å². The number of ether oxygens (including phenoxy) is 4. The van der Waals surface area contributed by atoms with Crippen LogP contribution in [0.25, 0.3) is 11.1 Å². The lowest BCUT2D eigenvalue weighted by Crippen LogP contribution is -2.40. The third kappa shape index (κ3) is 16.6. The highest BCUT2D eigenvalue weighted by Crippen LogP contribution is 2.44. The van der Waals surface area contributed by atoms with E-state index in [9.17, 15) is 27.6 Å². The molecule has 0 saturated heterocycles. The summed E-state index contributed by atoms with van der Waals surface area (Å²) < 4.78 is 47.2. The van der Waals surface area contributed by atoms with E-state index in [0.29, 0.717) is 77.7 Å². The van der Waals surface area contributed by atoms with Crippen molar-refractivity contribution in [1.29, 1.82) is 0 Å². The number of fused-ring (bicyclic) bond motifs is 3. The molecule has 4 amide bonds. The first-order valence-corrected chi connectivity index (χ1v) is 23.4. The van der Waals surface area contributed by atoms with Crippen LogP contribution in [-0.2, 0) is 48.2 Å². The number of hydroxylamine groups is 1. The van der Waals surface area contributed by atoms with Crippen molar-refractivity contribution in [3.8, 4) is 11.1 Å². The summed E-state index contributed by atoms with van der Waals surface area (Å²) in [5, 5.41) is 12.7. The Balaban J connectivity index is 0.775. The zero-order valence-corrected chi connectivity index (χ0v) is 37.6. The molecule has 2 aliphatic rings. The Morgan fingerprint density at radius 3 is 1.94 bits per heavy atom. The highest BCUT2D eigenvalue weighted by atomic mass is 32.2. The van der Waals surface area contributed by atoms with E-state index in [1.807, 2.05) is 43.3 Å². The second kappa shape index (κ2) is 26.4. The Morgan fingerprint density at radius 1 is 0.719 bits per heavy atom. The van der Waals surface area contributed by atoms with Crippen LogP contribution in [0.2, 0.25) is 0 Å². The third-order valence-electron chi connectivity index (χ3n) is 10.9. The van der Waals surface area contributed by atoms with Gasteiger partial charge < -0.3 is 34.9 Å². The number of sulfonamides is 1. The minimum atomic E-state index is -3.77. The number of carbonyl (C=O) groups excluding carboxylic acids is 4. The van der Waals surface area contributed by atoms with Crippen molar-refractivity contribution >= 4 is 39.5 Å². The number of aryl methyl sites for hydroxylation is 1. The van der Waals surface area contributed by atoms with Crippen molar-refractivity contribution in [3.05, 3.63) is 89.5 Å². The van der Waals surface area contributed by atoms with Gasteiger partial charge in [-0.05, 0) is 80.3 Å². The van der Waals surface area contributed by atoms with Gasteiger partial charge >= 0.3 is 6.09 Å². The predicted molar refractivity (Wildman–Crippen MR) is 240 cm³/mol. The van der Waals surface area contributed by atoms with E-state index in [2.05, 4.69) is 43.5 Å². The van der Waals surface area contributed by atoms with Crippen molar-refractivity contribution in [1.82, 2.24) is 26.3 Å². The van der Waals surface area contributed by atoms with Gasteiger partial charge in [0.05, 0.1) is 31.3 Å². The number of benzene rings is 3. The summed E-state index contributed by atoms with van der Waals surface area (Å²) in [7, 11) is -3.77. The van der Waals surface area contributed by atoms with Gasteiger partial charge in [0.25, 0.3) is 10.0 Å². The first kappa shape index (κ1) is 49.6. The molecule has 0 bridgehead atoms. The van der Waals surface area contributed by atoms with Crippen LogP contribution in [0.1, 0.15) is 80.9 Å². The lowest BCUT2D eigenvalue weighted by molar-refractivity contribution is -0.127. The maximum Gasteiger partial charge on any atom is 0.431 e. The van der Waals surface area contributed by atoms with Gasteiger partial charge in [0, 0.05) is 62.7 Å². The maximum atomic E-state index is 12.6. The normalized spacial score (nSPS) is 16.0.